The second kappa shape index (κ2) is 6.07. The van der Waals surface area contributed by atoms with Crippen LogP contribution in [0, 0.1) is 23.2 Å². The molecule has 0 saturated heterocycles. The van der Waals surface area contributed by atoms with Gasteiger partial charge in [-0.05, 0) is 42.4 Å². The van der Waals surface area contributed by atoms with Gasteiger partial charge in [0.05, 0.1) is 0 Å². The molecule has 0 aromatic heterocycles. The average Bonchev–Trinajstić information content (AvgIpc) is 2.33. The van der Waals surface area contributed by atoms with Crippen LogP contribution in [0.15, 0.2) is 0 Å². The van der Waals surface area contributed by atoms with Gasteiger partial charge in [-0.25, -0.2) is 0 Å². The van der Waals surface area contributed by atoms with Crippen molar-refractivity contribution in [2.75, 3.05) is 0 Å². The number of rotatable bonds is 4. The van der Waals surface area contributed by atoms with Crippen LogP contribution in [0.4, 0.5) is 0 Å². The van der Waals surface area contributed by atoms with E-state index in [1.165, 1.54) is 44.9 Å². The zero-order valence-corrected chi connectivity index (χ0v) is 12.2. The molecule has 0 heteroatoms. The van der Waals surface area contributed by atoms with Crippen molar-refractivity contribution in [1.82, 2.24) is 0 Å². The number of hydrogen-bond acceptors (Lipinski definition) is 0. The molecule has 0 aliphatic heterocycles. The van der Waals surface area contributed by atoms with Crippen molar-refractivity contribution in [3.05, 3.63) is 0 Å². The van der Waals surface area contributed by atoms with Gasteiger partial charge >= 0.3 is 0 Å². The molecule has 2 unspecified atom stereocenters. The molecule has 1 aliphatic rings. The van der Waals surface area contributed by atoms with Gasteiger partial charge in [-0.15, -0.1) is 0 Å². The first-order chi connectivity index (χ1) is 7.45. The minimum atomic E-state index is 0.596. The lowest BCUT2D eigenvalue weighted by Crippen LogP contribution is -2.24. The second-order valence-electron chi connectivity index (χ2n) is 7.06. The number of hydrogen-bond donors (Lipinski definition) is 0. The summed E-state index contributed by atoms with van der Waals surface area (Å²) >= 11 is 0. The highest BCUT2D eigenvalue weighted by Gasteiger charge is 2.33. The van der Waals surface area contributed by atoms with Gasteiger partial charge in [-0.2, -0.15) is 0 Å². The topological polar surface area (TPSA) is 0 Å². The maximum Gasteiger partial charge on any atom is -0.0326 e. The summed E-state index contributed by atoms with van der Waals surface area (Å²) in [5.74, 6) is 2.86. The Morgan fingerprint density at radius 1 is 1.25 bits per heavy atom. The van der Waals surface area contributed by atoms with Gasteiger partial charge in [0.2, 0.25) is 0 Å². The van der Waals surface area contributed by atoms with Crippen LogP contribution >= 0.6 is 0 Å². The van der Waals surface area contributed by atoms with Gasteiger partial charge in [0.1, 0.15) is 0 Å². The molecule has 0 N–H and O–H groups in total. The molecule has 0 nitrogen and oxygen atoms in total. The third kappa shape index (κ3) is 4.11. The Balaban J connectivity index is 2.58. The summed E-state index contributed by atoms with van der Waals surface area (Å²) in [5.41, 5.74) is 0.596. The monoisotopic (exact) mass is 224 g/mol. The lowest BCUT2D eigenvalue weighted by atomic mass is 9.71. The minimum absolute atomic E-state index is 0.596. The van der Waals surface area contributed by atoms with E-state index < -0.39 is 0 Å². The summed E-state index contributed by atoms with van der Waals surface area (Å²) in [6.45, 7) is 12.1. The molecule has 0 bridgehead atoms. The third-order valence-electron chi connectivity index (χ3n) is 4.83. The Kier molecular flexibility index (Phi) is 5.34. The first kappa shape index (κ1) is 14.1. The van der Waals surface area contributed by atoms with Gasteiger partial charge in [-0.3, -0.25) is 0 Å². The Morgan fingerprint density at radius 2 is 1.94 bits per heavy atom. The lowest BCUT2D eigenvalue weighted by molar-refractivity contribution is 0.164. The molecule has 1 fully saturated rings. The Hall–Kier alpha value is 0. The molecule has 0 aromatic rings. The molecule has 0 heterocycles. The van der Waals surface area contributed by atoms with E-state index in [1.54, 1.807) is 0 Å². The standard InChI is InChI=1S/C16H32/c1-6-14-8-7-11-16(4,5)15(12-14)10-9-13(2)3/h13-15H,6-12H2,1-5H3. The van der Waals surface area contributed by atoms with Crippen LogP contribution in [0.2, 0.25) is 0 Å². The van der Waals surface area contributed by atoms with E-state index in [0.29, 0.717) is 5.41 Å². The van der Waals surface area contributed by atoms with E-state index in [0.717, 1.165) is 17.8 Å². The van der Waals surface area contributed by atoms with Gasteiger partial charge in [-0.1, -0.05) is 60.3 Å². The average molecular weight is 224 g/mol. The molecule has 0 radical (unpaired) electrons. The van der Waals surface area contributed by atoms with Crippen LogP contribution in [0.25, 0.3) is 0 Å². The molecule has 1 saturated carbocycles. The SMILES string of the molecule is CCC1CCCC(C)(C)C(CCC(C)C)C1. The van der Waals surface area contributed by atoms with Crippen LogP contribution in [0.5, 0.6) is 0 Å². The Bertz CT molecular complexity index is 190. The third-order valence-corrected chi connectivity index (χ3v) is 4.83. The highest BCUT2D eigenvalue weighted by Crippen LogP contribution is 2.44. The van der Waals surface area contributed by atoms with E-state index in [9.17, 15) is 0 Å². The predicted molar refractivity (Wildman–Crippen MR) is 73.6 cm³/mol. The summed E-state index contributed by atoms with van der Waals surface area (Å²) < 4.78 is 0. The summed E-state index contributed by atoms with van der Waals surface area (Å²) in [6.07, 6.45) is 10.2. The normalized spacial score (nSPS) is 30.4. The molecular weight excluding hydrogens is 192 g/mol. The van der Waals surface area contributed by atoms with Crippen LogP contribution < -0.4 is 0 Å². The zero-order chi connectivity index (χ0) is 12.2. The first-order valence-electron chi connectivity index (χ1n) is 7.45. The van der Waals surface area contributed by atoms with Gasteiger partial charge in [0, 0.05) is 0 Å². The van der Waals surface area contributed by atoms with Crippen LogP contribution in [-0.4, -0.2) is 0 Å². The van der Waals surface area contributed by atoms with Gasteiger partial charge < -0.3 is 0 Å². The van der Waals surface area contributed by atoms with Crippen molar-refractivity contribution >= 4 is 0 Å². The molecule has 0 amide bonds. The van der Waals surface area contributed by atoms with E-state index >= 15 is 0 Å². The largest absolute Gasteiger partial charge is 0.0651 e. The Morgan fingerprint density at radius 3 is 2.50 bits per heavy atom. The van der Waals surface area contributed by atoms with E-state index in [2.05, 4.69) is 34.6 Å². The maximum atomic E-state index is 2.51. The summed E-state index contributed by atoms with van der Waals surface area (Å²) in [5, 5.41) is 0. The highest BCUT2D eigenvalue weighted by molar-refractivity contribution is 4.84. The molecule has 16 heavy (non-hydrogen) atoms. The smallest absolute Gasteiger partial charge is 0.0326 e. The van der Waals surface area contributed by atoms with E-state index in [1.807, 2.05) is 0 Å². The second-order valence-corrected chi connectivity index (χ2v) is 7.06. The van der Waals surface area contributed by atoms with Crippen molar-refractivity contribution in [1.29, 1.82) is 0 Å². The summed E-state index contributed by atoms with van der Waals surface area (Å²) in [6, 6.07) is 0. The van der Waals surface area contributed by atoms with Crippen molar-refractivity contribution < 1.29 is 0 Å². The highest BCUT2D eigenvalue weighted by atomic mass is 14.4. The van der Waals surface area contributed by atoms with Crippen molar-refractivity contribution in [2.45, 2.75) is 79.6 Å². The zero-order valence-electron chi connectivity index (χ0n) is 12.2. The van der Waals surface area contributed by atoms with Gasteiger partial charge in [0.25, 0.3) is 0 Å². The fourth-order valence-electron chi connectivity index (χ4n) is 3.30. The van der Waals surface area contributed by atoms with E-state index in [-0.39, 0.29) is 0 Å². The molecule has 96 valence electrons. The van der Waals surface area contributed by atoms with Crippen molar-refractivity contribution in [3.63, 3.8) is 0 Å². The summed E-state index contributed by atoms with van der Waals surface area (Å²) in [7, 11) is 0. The van der Waals surface area contributed by atoms with Crippen LogP contribution in [-0.2, 0) is 0 Å². The minimum Gasteiger partial charge on any atom is -0.0651 e. The molecule has 0 spiro atoms. The molecular formula is C16H32. The molecule has 1 rings (SSSR count). The predicted octanol–water partition coefficient (Wildman–Crippen LogP) is 5.67. The van der Waals surface area contributed by atoms with E-state index in [4.69, 9.17) is 0 Å². The van der Waals surface area contributed by atoms with Gasteiger partial charge in [0.15, 0.2) is 0 Å². The van der Waals surface area contributed by atoms with Crippen molar-refractivity contribution in [2.24, 2.45) is 23.2 Å². The quantitative estimate of drug-likeness (QED) is 0.540. The summed E-state index contributed by atoms with van der Waals surface area (Å²) in [4.78, 5) is 0. The van der Waals surface area contributed by atoms with Crippen LogP contribution in [0.3, 0.4) is 0 Å². The maximum absolute atomic E-state index is 2.51. The molecule has 0 aromatic carbocycles. The fraction of sp³-hybridized carbons (Fsp3) is 1.00. The lowest BCUT2D eigenvalue weighted by Gasteiger charge is -2.34. The molecule has 1 aliphatic carbocycles. The van der Waals surface area contributed by atoms with Crippen molar-refractivity contribution in [3.8, 4) is 0 Å². The fourth-order valence-corrected chi connectivity index (χ4v) is 3.30. The first-order valence-corrected chi connectivity index (χ1v) is 7.45. The Labute approximate surface area is 103 Å². The van der Waals surface area contributed by atoms with Crippen LogP contribution in [0.1, 0.15) is 79.6 Å². The molecule has 2 atom stereocenters.